The molecule has 0 saturated heterocycles. The predicted octanol–water partition coefficient (Wildman–Crippen LogP) is 6.08. The van der Waals surface area contributed by atoms with Gasteiger partial charge in [0, 0.05) is 5.56 Å². The third-order valence-corrected chi connectivity index (χ3v) is 8.60. The van der Waals surface area contributed by atoms with E-state index >= 15 is 0 Å². The number of rotatable bonds is 4. The number of halogens is 6. The number of sulfonamides is 1. The molecule has 0 fully saturated rings. The Hall–Kier alpha value is -3.53. The number of anilines is 3. The Morgan fingerprint density at radius 1 is 0.875 bits per heavy atom. The fourth-order valence-corrected chi connectivity index (χ4v) is 5.75. The molecule has 3 aromatic rings. The zero-order chi connectivity index (χ0) is 29.9. The monoisotopic (exact) mass is 609 g/mol. The highest BCUT2D eigenvalue weighted by atomic mass is 32.2. The Morgan fingerprint density at radius 3 is 2.05 bits per heavy atom. The number of benzene rings is 2. The maximum Gasteiger partial charge on any atom is 0.534 e. The van der Waals surface area contributed by atoms with Gasteiger partial charge in [-0.2, -0.15) is 34.8 Å². The molecule has 2 aromatic carbocycles. The molecule has 1 aliphatic rings. The topological polar surface area (TPSA) is 106 Å². The van der Waals surface area contributed by atoms with Crippen molar-refractivity contribution in [1.82, 2.24) is 4.98 Å². The zero-order valence-corrected chi connectivity index (χ0v) is 22.6. The molecule has 1 N–H and O–H groups in total. The molecule has 1 aromatic heterocycles. The fourth-order valence-electron chi connectivity index (χ4n) is 3.82. The van der Waals surface area contributed by atoms with Crippen LogP contribution in [0.3, 0.4) is 0 Å². The van der Waals surface area contributed by atoms with E-state index in [1.54, 1.807) is 0 Å². The molecular formula is C24H21F6N3O5S2. The highest BCUT2D eigenvalue weighted by Gasteiger charge is 2.49. The number of nitrogens with zero attached hydrogens (tertiary/aromatic N) is 2. The smallest absolute Gasteiger partial charge is 0.374 e. The first-order chi connectivity index (χ1) is 18.2. The number of para-hydroxylation sites is 1. The van der Waals surface area contributed by atoms with Crippen molar-refractivity contribution in [2.24, 2.45) is 0 Å². The molecule has 40 heavy (non-hydrogen) atoms. The lowest BCUT2D eigenvalue weighted by Gasteiger charge is -2.27. The lowest BCUT2D eigenvalue weighted by Crippen LogP contribution is -2.32. The second-order valence-electron chi connectivity index (χ2n) is 9.75. The quantitative estimate of drug-likeness (QED) is 0.217. The standard InChI is InChI=1S/C24H21F6N3O5S2/c1-22(2,3)15-8-10-16(11-9-15)39(34,35)33-13-14-7-12-19(23(25,26)27)32-21(14)31-17-5-4-6-18(20(17)33)38-40(36,37)24(28,29)30/h4-12H,13H2,1-3H3,(H,31,32). The van der Waals surface area contributed by atoms with Gasteiger partial charge in [-0.1, -0.05) is 45.0 Å². The van der Waals surface area contributed by atoms with Gasteiger partial charge in [0.15, 0.2) is 5.75 Å². The second kappa shape index (κ2) is 9.54. The van der Waals surface area contributed by atoms with Crippen LogP contribution in [0.25, 0.3) is 0 Å². The Labute approximate surface area is 225 Å². The normalized spacial score (nSPS) is 14.6. The summed E-state index contributed by atoms with van der Waals surface area (Å²) >= 11 is 0. The van der Waals surface area contributed by atoms with E-state index in [2.05, 4.69) is 14.5 Å². The number of fused-ring (bicyclic) bond motifs is 2. The van der Waals surface area contributed by atoms with E-state index < -0.39 is 61.3 Å². The largest absolute Gasteiger partial charge is 0.534 e. The van der Waals surface area contributed by atoms with Crippen LogP contribution in [0.5, 0.6) is 5.75 Å². The molecule has 0 unspecified atom stereocenters. The van der Waals surface area contributed by atoms with Crippen molar-refractivity contribution in [3.8, 4) is 5.75 Å². The maximum atomic E-state index is 13.9. The van der Waals surface area contributed by atoms with E-state index in [0.29, 0.717) is 10.4 Å². The van der Waals surface area contributed by atoms with Crippen LogP contribution in [0.1, 0.15) is 37.6 Å². The molecule has 0 atom stereocenters. The molecule has 2 heterocycles. The summed E-state index contributed by atoms with van der Waals surface area (Å²) in [5.74, 6) is -1.46. The molecule has 0 saturated carbocycles. The predicted molar refractivity (Wildman–Crippen MR) is 133 cm³/mol. The Kier molecular flexibility index (Phi) is 7.02. The summed E-state index contributed by atoms with van der Waals surface area (Å²) in [4.78, 5) is 3.20. The van der Waals surface area contributed by atoms with Gasteiger partial charge in [0.1, 0.15) is 17.2 Å². The minimum Gasteiger partial charge on any atom is -0.374 e. The molecule has 4 rings (SSSR count). The van der Waals surface area contributed by atoms with Gasteiger partial charge in [0.2, 0.25) is 0 Å². The number of alkyl halides is 6. The Morgan fingerprint density at radius 2 is 1.50 bits per heavy atom. The van der Waals surface area contributed by atoms with Gasteiger partial charge in [-0.15, -0.1) is 0 Å². The fraction of sp³-hybridized carbons (Fsp3) is 0.292. The van der Waals surface area contributed by atoms with Crippen LogP contribution in [-0.4, -0.2) is 27.3 Å². The van der Waals surface area contributed by atoms with Crippen molar-refractivity contribution < 1.29 is 47.4 Å². The second-order valence-corrected chi connectivity index (χ2v) is 13.1. The molecule has 0 radical (unpaired) electrons. The lowest BCUT2D eigenvalue weighted by molar-refractivity contribution is -0.141. The average molecular weight is 610 g/mol. The van der Waals surface area contributed by atoms with Gasteiger partial charge >= 0.3 is 21.8 Å². The van der Waals surface area contributed by atoms with Crippen LogP contribution in [0, 0.1) is 0 Å². The summed E-state index contributed by atoms with van der Waals surface area (Å²) in [5.41, 5.74) is -7.89. The van der Waals surface area contributed by atoms with Gasteiger partial charge in [0.05, 0.1) is 17.1 Å². The first-order valence-electron chi connectivity index (χ1n) is 11.3. The minimum absolute atomic E-state index is 0.0799. The molecule has 8 nitrogen and oxygen atoms in total. The third-order valence-electron chi connectivity index (χ3n) is 5.88. The van der Waals surface area contributed by atoms with Gasteiger partial charge in [0.25, 0.3) is 10.0 Å². The van der Waals surface area contributed by atoms with Crippen molar-refractivity contribution in [1.29, 1.82) is 0 Å². The van der Waals surface area contributed by atoms with Crippen LogP contribution >= 0.6 is 0 Å². The van der Waals surface area contributed by atoms with Gasteiger partial charge in [-0.05, 0) is 41.3 Å². The number of pyridine rings is 1. The van der Waals surface area contributed by atoms with Crippen molar-refractivity contribution in [2.45, 2.75) is 49.3 Å². The molecule has 16 heteroatoms. The summed E-state index contributed by atoms with van der Waals surface area (Å²) in [6.45, 7) is 4.93. The summed E-state index contributed by atoms with van der Waals surface area (Å²) in [5, 5.41) is 2.49. The number of hydrogen-bond acceptors (Lipinski definition) is 7. The maximum absolute atomic E-state index is 13.9. The lowest BCUT2D eigenvalue weighted by atomic mass is 9.87. The zero-order valence-electron chi connectivity index (χ0n) is 20.9. The number of hydrogen-bond donors (Lipinski definition) is 1. The van der Waals surface area contributed by atoms with Crippen molar-refractivity contribution in [3.63, 3.8) is 0 Å². The Bertz CT molecular complexity index is 1660. The van der Waals surface area contributed by atoms with Crippen molar-refractivity contribution in [3.05, 3.63) is 71.4 Å². The molecule has 0 spiro atoms. The Balaban J connectivity index is 1.95. The van der Waals surface area contributed by atoms with Crippen LogP contribution in [0.15, 0.2) is 59.5 Å². The summed E-state index contributed by atoms with van der Waals surface area (Å²) in [6.07, 6.45) is -4.86. The van der Waals surface area contributed by atoms with Gasteiger partial charge in [-0.25, -0.2) is 13.4 Å². The van der Waals surface area contributed by atoms with E-state index in [1.807, 2.05) is 20.8 Å². The molecular weight excluding hydrogens is 588 g/mol. The SMILES string of the molecule is CC(C)(C)c1ccc(S(=O)(=O)N2Cc3ccc(C(F)(F)F)nc3Nc3cccc(OS(=O)(=O)C(F)(F)F)c32)cc1. The van der Waals surface area contributed by atoms with E-state index in [0.717, 1.165) is 29.8 Å². The van der Waals surface area contributed by atoms with Gasteiger partial charge < -0.3 is 9.50 Å². The van der Waals surface area contributed by atoms with Crippen LogP contribution < -0.4 is 13.8 Å². The molecule has 216 valence electrons. The highest BCUT2D eigenvalue weighted by molar-refractivity contribution is 7.92. The molecule has 0 bridgehead atoms. The summed E-state index contributed by atoms with van der Waals surface area (Å²) in [7, 11) is -10.9. The highest BCUT2D eigenvalue weighted by Crippen LogP contribution is 2.46. The molecule has 1 aliphatic heterocycles. The first-order valence-corrected chi connectivity index (χ1v) is 14.2. The summed E-state index contributed by atoms with van der Waals surface area (Å²) in [6, 6.07) is 10.1. The van der Waals surface area contributed by atoms with E-state index in [1.165, 1.54) is 24.3 Å². The molecule has 0 aliphatic carbocycles. The van der Waals surface area contributed by atoms with E-state index in [9.17, 15) is 43.2 Å². The van der Waals surface area contributed by atoms with Crippen LogP contribution in [0.4, 0.5) is 43.5 Å². The van der Waals surface area contributed by atoms with Crippen LogP contribution in [0.2, 0.25) is 0 Å². The number of nitrogens with one attached hydrogen (secondary N) is 1. The third kappa shape index (κ3) is 5.54. The minimum atomic E-state index is -6.26. The van der Waals surface area contributed by atoms with Crippen molar-refractivity contribution >= 4 is 37.3 Å². The molecule has 0 amide bonds. The van der Waals surface area contributed by atoms with E-state index in [4.69, 9.17) is 0 Å². The van der Waals surface area contributed by atoms with Gasteiger partial charge in [-0.3, -0.25) is 4.31 Å². The first kappa shape index (κ1) is 29.5. The number of aromatic nitrogens is 1. The average Bonchev–Trinajstić information content (AvgIpc) is 2.99. The summed E-state index contributed by atoms with van der Waals surface area (Å²) < 4.78 is 136. The van der Waals surface area contributed by atoms with Crippen molar-refractivity contribution in [2.75, 3.05) is 9.62 Å². The van der Waals surface area contributed by atoms with Crippen LogP contribution in [-0.2, 0) is 38.3 Å². The van der Waals surface area contributed by atoms with E-state index in [-0.39, 0.29) is 21.6 Å².